The lowest BCUT2D eigenvalue weighted by Crippen LogP contribution is -2.21. The Balaban J connectivity index is 3.02. The number of carboxylic acids is 2. The Bertz CT molecular complexity index is 345. The standard InChI is InChI=1S/C26H50O4/c27-25(28)23-21-19-17-15-13-11-9-7-5-3-1-2-4-6-8-10-12-14-16-18-20-22-24-26(29)30/h1-24H2,(H,27,28)(H,29,30)/p-2. The molecule has 0 saturated heterocycles. The van der Waals surface area contributed by atoms with Crippen molar-refractivity contribution < 1.29 is 19.8 Å². The molecular weight excluding hydrogens is 376 g/mol. The van der Waals surface area contributed by atoms with Crippen LogP contribution in [0, 0.1) is 0 Å². The Morgan fingerprint density at radius 2 is 0.433 bits per heavy atom. The van der Waals surface area contributed by atoms with Crippen LogP contribution in [0.4, 0.5) is 0 Å². The quantitative estimate of drug-likeness (QED) is 0.172. The van der Waals surface area contributed by atoms with Gasteiger partial charge in [0.05, 0.1) is 0 Å². The first kappa shape index (κ1) is 28.9. The fraction of sp³-hybridized carbons (Fsp3) is 0.923. The van der Waals surface area contributed by atoms with Crippen molar-refractivity contribution in [3.05, 3.63) is 0 Å². The highest BCUT2D eigenvalue weighted by Crippen LogP contribution is 2.15. The molecule has 0 unspecified atom stereocenters. The Hall–Kier alpha value is -1.06. The average Bonchev–Trinajstić information content (AvgIpc) is 2.70. The topological polar surface area (TPSA) is 80.3 Å². The number of unbranched alkanes of at least 4 members (excludes halogenated alkanes) is 21. The van der Waals surface area contributed by atoms with Gasteiger partial charge < -0.3 is 19.8 Å². The predicted molar refractivity (Wildman–Crippen MR) is 121 cm³/mol. The maximum Gasteiger partial charge on any atom is 0.0414 e. The monoisotopic (exact) mass is 424 g/mol. The molecule has 0 bridgehead atoms. The summed E-state index contributed by atoms with van der Waals surface area (Å²) in [5.41, 5.74) is 0. The van der Waals surface area contributed by atoms with Crippen molar-refractivity contribution in [2.75, 3.05) is 0 Å². The number of hydrogen-bond donors (Lipinski definition) is 0. The largest absolute Gasteiger partial charge is 0.550 e. The van der Waals surface area contributed by atoms with Gasteiger partial charge in [0.25, 0.3) is 0 Å². The summed E-state index contributed by atoms with van der Waals surface area (Å²) in [6, 6.07) is 0. The Morgan fingerprint density at radius 1 is 0.300 bits per heavy atom. The van der Waals surface area contributed by atoms with E-state index in [1.54, 1.807) is 0 Å². The first-order chi connectivity index (χ1) is 14.6. The molecule has 0 fully saturated rings. The van der Waals surface area contributed by atoms with Gasteiger partial charge in [0.1, 0.15) is 0 Å². The Morgan fingerprint density at radius 3 is 0.567 bits per heavy atom. The van der Waals surface area contributed by atoms with Crippen molar-refractivity contribution in [3.8, 4) is 0 Å². The molecule has 0 saturated carbocycles. The van der Waals surface area contributed by atoms with Crippen LogP contribution >= 0.6 is 0 Å². The van der Waals surface area contributed by atoms with Gasteiger partial charge in [0, 0.05) is 11.9 Å². The van der Waals surface area contributed by atoms with Crippen LogP contribution in [0.5, 0.6) is 0 Å². The summed E-state index contributed by atoms with van der Waals surface area (Å²) in [5.74, 6) is -1.83. The van der Waals surface area contributed by atoms with Gasteiger partial charge in [-0.3, -0.25) is 0 Å². The number of carbonyl (C=O) groups is 2. The first-order valence-corrected chi connectivity index (χ1v) is 13.0. The lowest BCUT2D eigenvalue weighted by molar-refractivity contribution is -0.307. The zero-order valence-electron chi connectivity index (χ0n) is 19.6. The van der Waals surface area contributed by atoms with E-state index in [0.29, 0.717) is 0 Å². The van der Waals surface area contributed by atoms with E-state index < -0.39 is 11.9 Å². The van der Waals surface area contributed by atoms with Gasteiger partial charge in [-0.1, -0.05) is 128 Å². The van der Waals surface area contributed by atoms with Crippen LogP contribution in [0.2, 0.25) is 0 Å². The van der Waals surface area contributed by atoms with Gasteiger partial charge in [-0.15, -0.1) is 0 Å². The molecular formula is C26H48O4-2. The SMILES string of the molecule is O=C([O-])CCCCCCCCCCCCCCCCCCCCCCCCC(=O)[O-]. The molecule has 0 aromatic rings. The van der Waals surface area contributed by atoms with Crippen LogP contribution < -0.4 is 10.2 Å². The van der Waals surface area contributed by atoms with Crippen LogP contribution in [0.1, 0.15) is 154 Å². The first-order valence-electron chi connectivity index (χ1n) is 13.0. The summed E-state index contributed by atoms with van der Waals surface area (Å²) >= 11 is 0. The number of aliphatic carboxylic acids is 2. The molecule has 30 heavy (non-hydrogen) atoms. The van der Waals surface area contributed by atoms with E-state index in [9.17, 15) is 19.8 Å². The second-order valence-corrected chi connectivity index (χ2v) is 9.02. The fourth-order valence-electron chi connectivity index (χ4n) is 4.07. The van der Waals surface area contributed by atoms with E-state index in [1.807, 2.05) is 0 Å². The number of rotatable bonds is 25. The third kappa shape index (κ3) is 26.9. The van der Waals surface area contributed by atoms with Crippen molar-refractivity contribution >= 4 is 11.9 Å². The highest BCUT2D eigenvalue weighted by Gasteiger charge is 1.96. The predicted octanol–water partition coefficient (Wildman–Crippen LogP) is 5.85. The Kier molecular flexibility index (Phi) is 23.4. The van der Waals surface area contributed by atoms with Gasteiger partial charge in [-0.2, -0.15) is 0 Å². The third-order valence-electron chi connectivity index (χ3n) is 6.01. The molecule has 4 heteroatoms. The van der Waals surface area contributed by atoms with E-state index in [2.05, 4.69) is 0 Å². The number of carboxylic acid groups (broad SMARTS) is 2. The van der Waals surface area contributed by atoms with E-state index in [0.717, 1.165) is 25.7 Å². The lowest BCUT2D eigenvalue weighted by Gasteiger charge is -2.05. The molecule has 0 aliphatic heterocycles. The van der Waals surface area contributed by atoms with Gasteiger partial charge in [-0.05, 0) is 25.7 Å². The Labute approximate surface area is 186 Å². The molecule has 0 aliphatic carbocycles. The van der Waals surface area contributed by atoms with Crippen molar-refractivity contribution in [1.29, 1.82) is 0 Å². The van der Waals surface area contributed by atoms with Crippen LogP contribution in [-0.4, -0.2) is 11.9 Å². The smallest absolute Gasteiger partial charge is 0.0414 e. The third-order valence-corrected chi connectivity index (χ3v) is 6.01. The lowest BCUT2D eigenvalue weighted by atomic mass is 10.0. The molecule has 0 atom stereocenters. The maximum absolute atomic E-state index is 10.3. The van der Waals surface area contributed by atoms with E-state index in [4.69, 9.17) is 0 Å². The van der Waals surface area contributed by atoms with E-state index in [-0.39, 0.29) is 12.8 Å². The van der Waals surface area contributed by atoms with Gasteiger partial charge in [-0.25, -0.2) is 0 Å². The summed E-state index contributed by atoms with van der Waals surface area (Å²) in [5, 5.41) is 20.6. The normalized spacial score (nSPS) is 11.1. The maximum atomic E-state index is 10.3. The molecule has 0 aromatic heterocycles. The molecule has 0 spiro atoms. The summed E-state index contributed by atoms with van der Waals surface area (Å²) in [6.07, 6.45) is 27.9. The van der Waals surface area contributed by atoms with Gasteiger partial charge >= 0.3 is 0 Å². The molecule has 0 radical (unpaired) electrons. The minimum absolute atomic E-state index is 0.220. The second kappa shape index (κ2) is 24.2. The molecule has 0 amide bonds. The van der Waals surface area contributed by atoms with Gasteiger partial charge in [0.2, 0.25) is 0 Å². The van der Waals surface area contributed by atoms with Crippen molar-refractivity contribution in [2.24, 2.45) is 0 Å². The van der Waals surface area contributed by atoms with Crippen molar-refractivity contribution in [1.82, 2.24) is 0 Å². The minimum atomic E-state index is -0.914. The average molecular weight is 425 g/mol. The molecule has 0 N–H and O–H groups in total. The molecule has 0 aromatic carbocycles. The highest BCUT2D eigenvalue weighted by molar-refractivity contribution is 5.64. The van der Waals surface area contributed by atoms with Crippen LogP contribution in [0.25, 0.3) is 0 Å². The summed E-state index contributed by atoms with van der Waals surface area (Å²) in [7, 11) is 0. The van der Waals surface area contributed by atoms with E-state index in [1.165, 1.54) is 116 Å². The van der Waals surface area contributed by atoms with Crippen LogP contribution in [0.3, 0.4) is 0 Å². The summed E-state index contributed by atoms with van der Waals surface area (Å²) in [6.45, 7) is 0. The zero-order valence-corrected chi connectivity index (χ0v) is 19.6. The molecule has 0 aliphatic rings. The molecule has 178 valence electrons. The zero-order chi connectivity index (χ0) is 22.1. The molecule has 4 nitrogen and oxygen atoms in total. The highest BCUT2D eigenvalue weighted by atomic mass is 16.4. The van der Waals surface area contributed by atoms with Crippen molar-refractivity contribution in [2.45, 2.75) is 154 Å². The van der Waals surface area contributed by atoms with E-state index >= 15 is 0 Å². The number of carbonyl (C=O) groups excluding carboxylic acids is 2. The van der Waals surface area contributed by atoms with Crippen molar-refractivity contribution in [3.63, 3.8) is 0 Å². The minimum Gasteiger partial charge on any atom is -0.550 e. The number of hydrogen-bond acceptors (Lipinski definition) is 4. The van der Waals surface area contributed by atoms with Gasteiger partial charge in [0.15, 0.2) is 0 Å². The summed E-state index contributed by atoms with van der Waals surface area (Å²) in [4.78, 5) is 20.6. The summed E-state index contributed by atoms with van der Waals surface area (Å²) < 4.78 is 0. The van der Waals surface area contributed by atoms with Crippen LogP contribution in [-0.2, 0) is 9.59 Å². The molecule has 0 rings (SSSR count). The fourth-order valence-corrected chi connectivity index (χ4v) is 4.07. The second-order valence-electron chi connectivity index (χ2n) is 9.02. The van der Waals surface area contributed by atoms with Crippen LogP contribution in [0.15, 0.2) is 0 Å². The molecule has 0 heterocycles.